The van der Waals surface area contributed by atoms with Gasteiger partial charge in [-0.05, 0) is 36.6 Å². The molecule has 2 aromatic rings. The molecule has 6 nitrogen and oxygen atoms in total. The highest BCUT2D eigenvalue weighted by Gasteiger charge is 2.35. The van der Waals surface area contributed by atoms with Crippen molar-refractivity contribution in [3.8, 4) is 11.5 Å². The van der Waals surface area contributed by atoms with Gasteiger partial charge >= 0.3 is 0 Å². The van der Waals surface area contributed by atoms with Crippen LogP contribution in [-0.2, 0) is 5.54 Å². The lowest BCUT2D eigenvalue weighted by Crippen LogP contribution is -2.34. The highest BCUT2D eigenvalue weighted by Crippen LogP contribution is 2.34. The monoisotopic (exact) mass is 351 g/mol. The minimum atomic E-state index is -0.436. The lowest BCUT2D eigenvalue weighted by atomic mass is 9.99. The van der Waals surface area contributed by atoms with Crippen LogP contribution in [0.3, 0.4) is 0 Å². The van der Waals surface area contributed by atoms with Crippen LogP contribution in [0.1, 0.15) is 43.0 Å². The van der Waals surface area contributed by atoms with Crippen LogP contribution in [0, 0.1) is 0 Å². The van der Waals surface area contributed by atoms with Gasteiger partial charge in [0.05, 0.1) is 19.8 Å². The number of nitrogens with zero attached hydrogens (tertiary/aromatic N) is 2. The first-order chi connectivity index (χ1) is 11.1. The Morgan fingerprint density at radius 1 is 1.08 bits per heavy atom. The number of hydrogen-bond acceptors (Lipinski definition) is 6. The van der Waals surface area contributed by atoms with Gasteiger partial charge in [0.15, 0.2) is 5.82 Å². The number of benzene rings is 1. The maximum atomic E-state index is 6.33. The lowest BCUT2D eigenvalue weighted by Gasteiger charge is -2.17. The predicted molar refractivity (Wildman–Crippen MR) is 94.4 cm³/mol. The summed E-state index contributed by atoms with van der Waals surface area (Å²) in [5.41, 5.74) is 6.82. The fourth-order valence-electron chi connectivity index (χ4n) is 2.83. The highest BCUT2D eigenvalue weighted by atomic mass is 35.5. The minimum absolute atomic E-state index is 0. The molecule has 0 amide bonds. The van der Waals surface area contributed by atoms with Gasteiger partial charge in [-0.25, -0.2) is 0 Å². The van der Waals surface area contributed by atoms with E-state index in [2.05, 4.69) is 10.1 Å². The van der Waals surface area contributed by atoms with Crippen LogP contribution < -0.4 is 15.2 Å². The Bertz CT molecular complexity index is 687. The Morgan fingerprint density at radius 3 is 2.29 bits per heavy atom. The third-order valence-corrected chi connectivity index (χ3v) is 4.17. The fraction of sp³-hybridized carbons (Fsp3) is 0.412. The first kappa shape index (κ1) is 18.3. The summed E-state index contributed by atoms with van der Waals surface area (Å²) < 4.78 is 15.8. The van der Waals surface area contributed by atoms with Gasteiger partial charge in [-0.2, -0.15) is 4.98 Å². The van der Waals surface area contributed by atoms with Crippen molar-refractivity contribution in [2.24, 2.45) is 5.73 Å². The van der Waals surface area contributed by atoms with Gasteiger partial charge in [-0.3, -0.25) is 0 Å². The van der Waals surface area contributed by atoms with Crippen molar-refractivity contribution in [2.75, 3.05) is 14.2 Å². The summed E-state index contributed by atoms with van der Waals surface area (Å²) in [5, 5.41) is 4.04. The van der Waals surface area contributed by atoms with Crippen LogP contribution in [-0.4, -0.2) is 24.4 Å². The summed E-state index contributed by atoms with van der Waals surface area (Å²) in [5.74, 6) is 2.49. The minimum Gasteiger partial charge on any atom is -0.497 e. The molecular weight excluding hydrogens is 330 g/mol. The summed E-state index contributed by atoms with van der Waals surface area (Å²) in [7, 11) is 3.24. The third-order valence-electron chi connectivity index (χ3n) is 4.17. The third kappa shape index (κ3) is 3.88. The van der Waals surface area contributed by atoms with Crippen LogP contribution in [0.5, 0.6) is 11.5 Å². The molecule has 1 heterocycles. The Balaban J connectivity index is 0.00000208. The molecule has 1 aromatic heterocycles. The molecule has 24 heavy (non-hydrogen) atoms. The number of halogens is 1. The maximum Gasteiger partial charge on any atom is 0.250 e. The molecular formula is C17H22ClN3O3. The van der Waals surface area contributed by atoms with Gasteiger partial charge in [0, 0.05) is 12.1 Å². The fourth-order valence-corrected chi connectivity index (χ4v) is 2.83. The zero-order valence-electron chi connectivity index (χ0n) is 13.8. The molecule has 1 aliphatic carbocycles. The second kappa shape index (κ2) is 7.68. The number of nitrogens with two attached hydrogens (primary N) is 1. The summed E-state index contributed by atoms with van der Waals surface area (Å²) in [6.07, 6.45) is 7.67. The topological polar surface area (TPSA) is 83.4 Å². The Hall–Kier alpha value is -2.05. The predicted octanol–water partition coefficient (Wildman–Crippen LogP) is 3.41. The van der Waals surface area contributed by atoms with Crippen LogP contribution >= 0.6 is 12.4 Å². The van der Waals surface area contributed by atoms with E-state index in [1.165, 1.54) is 0 Å². The van der Waals surface area contributed by atoms with Crippen molar-refractivity contribution >= 4 is 24.6 Å². The van der Waals surface area contributed by atoms with Gasteiger partial charge < -0.3 is 19.7 Å². The number of ether oxygens (including phenoxy) is 2. The standard InChI is InChI=1S/C17H21N3O3.ClH/c1-21-13-9-12(10-14(11-13)22-2)5-6-15-19-16(20-23-15)17(18)7-3-4-8-17;/h5-6,9-11H,3-4,7-8,18H2,1-2H3;1H/b6-5+;. The van der Waals surface area contributed by atoms with Gasteiger partial charge in [-0.15, -0.1) is 12.4 Å². The average Bonchev–Trinajstić information content (AvgIpc) is 3.22. The van der Waals surface area contributed by atoms with Crippen LogP contribution in [0.15, 0.2) is 22.7 Å². The van der Waals surface area contributed by atoms with Crippen LogP contribution in [0.4, 0.5) is 0 Å². The Kier molecular flexibility index (Phi) is 5.85. The SMILES string of the molecule is COc1cc(/C=C/c2nc(C3(N)CCCC3)no2)cc(OC)c1.Cl. The number of methoxy groups -OCH3 is 2. The zero-order valence-corrected chi connectivity index (χ0v) is 14.6. The van der Waals surface area contributed by atoms with Crippen molar-refractivity contribution < 1.29 is 14.0 Å². The summed E-state index contributed by atoms with van der Waals surface area (Å²) >= 11 is 0. The highest BCUT2D eigenvalue weighted by molar-refractivity contribution is 5.85. The van der Waals surface area contributed by atoms with Gasteiger partial charge in [0.2, 0.25) is 0 Å². The lowest BCUT2D eigenvalue weighted by molar-refractivity contribution is 0.364. The molecule has 2 N–H and O–H groups in total. The van der Waals surface area contributed by atoms with E-state index in [0.717, 1.165) is 42.7 Å². The first-order valence-corrected chi connectivity index (χ1v) is 7.67. The van der Waals surface area contributed by atoms with Crippen molar-refractivity contribution in [1.29, 1.82) is 0 Å². The van der Waals surface area contributed by atoms with Crippen molar-refractivity contribution in [3.63, 3.8) is 0 Å². The Labute approximate surface area is 147 Å². The van der Waals surface area contributed by atoms with E-state index >= 15 is 0 Å². The molecule has 0 bridgehead atoms. The molecule has 130 valence electrons. The molecule has 0 spiro atoms. The van der Waals surface area contributed by atoms with E-state index in [9.17, 15) is 0 Å². The van der Waals surface area contributed by atoms with Gasteiger partial charge in [0.1, 0.15) is 11.5 Å². The molecule has 1 aromatic carbocycles. The smallest absolute Gasteiger partial charge is 0.250 e. The number of rotatable bonds is 5. The van der Waals surface area contributed by atoms with Gasteiger partial charge in [0.25, 0.3) is 5.89 Å². The van der Waals surface area contributed by atoms with E-state index in [0.29, 0.717) is 11.7 Å². The van der Waals surface area contributed by atoms with Crippen molar-refractivity contribution in [2.45, 2.75) is 31.2 Å². The molecule has 7 heteroatoms. The molecule has 1 saturated carbocycles. The zero-order chi connectivity index (χ0) is 16.3. The Morgan fingerprint density at radius 2 is 1.71 bits per heavy atom. The largest absolute Gasteiger partial charge is 0.497 e. The van der Waals surface area contributed by atoms with Crippen LogP contribution in [0.25, 0.3) is 12.2 Å². The normalized spacial score (nSPS) is 16.1. The first-order valence-electron chi connectivity index (χ1n) is 7.67. The molecule has 0 unspecified atom stereocenters. The quantitative estimate of drug-likeness (QED) is 0.888. The van der Waals surface area contributed by atoms with E-state index in [1.807, 2.05) is 24.3 Å². The molecule has 1 fully saturated rings. The van der Waals surface area contributed by atoms with E-state index in [-0.39, 0.29) is 12.4 Å². The summed E-state index contributed by atoms with van der Waals surface area (Å²) in [6, 6.07) is 5.62. The van der Waals surface area contributed by atoms with E-state index in [4.69, 9.17) is 19.7 Å². The summed E-state index contributed by atoms with van der Waals surface area (Å²) in [6.45, 7) is 0. The molecule has 0 saturated heterocycles. The second-order valence-electron chi connectivity index (χ2n) is 5.80. The van der Waals surface area contributed by atoms with E-state index in [1.54, 1.807) is 20.3 Å². The van der Waals surface area contributed by atoms with Crippen LogP contribution in [0.2, 0.25) is 0 Å². The number of hydrogen-bond donors (Lipinski definition) is 1. The average molecular weight is 352 g/mol. The van der Waals surface area contributed by atoms with Crippen molar-refractivity contribution in [3.05, 3.63) is 35.5 Å². The molecule has 0 aliphatic heterocycles. The van der Waals surface area contributed by atoms with Crippen molar-refractivity contribution in [1.82, 2.24) is 10.1 Å². The van der Waals surface area contributed by atoms with Gasteiger partial charge in [-0.1, -0.05) is 18.0 Å². The molecule has 0 atom stereocenters. The molecule has 0 radical (unpaired) electrons. The number of aromatic nitrogens is 2. The summed E-state index contributed by atoms with van der Waals surface area (Å²) in [4.78, 5) is 4.41. The molecule has 1 aliphatic rings. The maximum absolute atomic E-state index is 6.33. The second-order valence-corrected chi connectivity index (χ2v) is 5.80. The van der Waals surface area contributed by atoms with E-state index < -0.39 is 5.54 Å². The molecule has 3 rings (SSSR count).